The molecule has 3 aliphatic rings. The fourth-order valence-corrected chi connectivity index (χ4v) is 4.34. The van der Waals surface area contributed by atoms with E-state index < -0.39 is 5.60 Å². The number of rotatable bonds is 2. The van der Waals surface area contributed by atoms with Crippen molar-refractivity contribution >= 4 is 11.9 Å². The molecule has 1 aromatic carbocycles. The Bertz CT molecular complexity index is 644. The summed E-state index contributed by atoms with van der Waals surface area (Å²) in [5.74, 6) is 0.0630. The molecule has 1 spiro atoms. The summed E-state index contributed by atoms with van der Waals surface area (Å²) in [6.45, 7) is 1.80. The quantitative estimate of drug-likeness (QED) is 0.816. The molecule has 4 rings (SSSR count). The smallest absolute Gasteiger partial charge is 0.339 e. The minimum Gasteiger partial charge on any atom is -0.451 e. The van der Waals surface area contributed by atoms with Crippen LogP contribution in [-0.4, -0.2) is 31.0 Å². The number of carbonyl (C=O) groups excluding carboxylic acids is 2. The normalized spacial score (nSPS) is 32.2. The van der Waals surface area contributed by atoms with Crippen LogP contribution in [0.5, 0.6) is 0 Å². The van der Waals surface area contributed by atoms with Crippen molar-refractivity contribution in [3.8, 4) is 0 Å². The van der Waals surface area contributed by atoms with E-state index in [9.17, 15) is 9.59 Å². The fourth-order valence-electron chi connectivity index (χ4n) is 4.34. The highest BCUT2D eigenvalue weighted by atomic mass is 16.6. The minimum atomic E-state index is -0.471. The second-order valence-corrected chi connectivity index (χ2v) is 7.26. The molecule has 5 heteroatoms. The van der Waals surface area contributed by atoms with Crippen LogP contribution < -0.4 is 10.6 Å². The molecule has 128 valence electrons. The van der Waals surface area contributed by atoms with Crippen molar-refractivity contribution < 1.29 is 14.3 Å². The zero-order valence-electron chi connectivity index (χ0n) is 13.8. The van der Waals surface area contributed by atoms with E-state index in [0.717, 1.165) is 57.2 Å². The molecule has 1 aliphatic carbocycles. The number of piperidine rings is 1. The monoisotopic (exact) mass is 328 g/mol. The number of fused-ring (bicyclic) bond motifs is 2. The highest BCUT2D eigenvalue weighted by Gasteiger charge is 2.47. The fraction of sp³-hybridized carbons (Fsp3) is 0.579. The topological polar surface area (TPSA) is 67.4 Å². The molecule has 1 saturated heterocycles. The van der Waals surface area contributed by atoms with Crippen molar-refractivity contribution in [3.05, 3.63) is 35.4 Å². The van der Waals surface area contributed by atoms with Gasteiger partial charge in [0.1, 0.15) is 5.60 Å². The molecular formula is C19H24N2O3. The lowest BCUT2D eigenvalue weighted by Crippen LogP contribution is -2.47. The zero-order chi connectivity index (χ0) is 16.6. The van der Waals surface area contributed by atoms with E-state index in [2.05, 4.69) is 10.6 Å². The Labute approximate surface area is 142 Å². The van der Waals surface area contributed by atoms with Crippen molar-refractivity contribution in [2.24, 2.45) is 5.92 Å². The number of esters is 1. The highest BCUT2D eigenvalue weighted by molar-refractivity contribution is 5.94. The highest BCUT2D eigenvalue weighted by Crippen LogP contribution is 2.46. The number of nitrogens with one attached hydrogen (secondary N) is 2. The van der Waals surface area contributed by atoms with Crippen molar-refractivity contribution in [1.82, 2.24) is 10.6 Å². The maximum atomic E-state index is 12.4. The lowest BCUT2D eigenvalue weighted by Gasteiger charge is -2.37. The van der Waals surface area contributed by atoms with Gasteiger partial charge in [-0.2, -0.15) is 0 Å². The molecule has 24 heavy (non-hydrogen) atoms. The van der Waals surface area contributed by atoms with Crippen molar-refractivity contribution in [2.45, 2.75) is 50.2 Å². The lowest BCUT2D eigenvalue weighted by atomic mass is 9.77. The first-order valence-electron chi connectivity index (χ1n) is 9.02. The van der Waals surface area contributed by atoms with Crippen LogP contribution in [0.1, 0.15) is 54.4 Å². The number of amides is 1. The number of benzene rings is 1. The summed E-state index contributed by atoms with van der Waals surface area (Å²) < 4.78 is 5.77. The summed E-state index contributed by atoms with van der Waals surface area (Å²) in [6.07, 6.45) is 5.31. The Morgan fingerprint density at radius 2 is 2.00 bits per heavy atom. The third-order valence-electron chi connectivity index (χ3n) is 5.73. The van der Waals surface area contributed by atoms with Gasteiger partial charge in [0.05, 0.1) is 11.5 Å². The van der Waals surface area contributed by atoms with Gasteiger partial charge in [0, 0.05) is 18.2 Å². The Kier molecular flexibility index (Phi) is 4.04. The molecule has 1 saturated carbocycles. The first kappa shape index (κ1) is 15.6. The summed E-state index contributed by atoms with van der Waals surface area (Å²) in [7, 11) is 0. The molecule has 1 amide bonds. The lowest BCUT2D eigenvalue weighted by molar-refractivity contribution is -0.127. The zero-order valence-corrected chi connectivity index (χ0v) is 13.8. The first-order chi connectivity index (χ1) is 11.7. The van der Waals surface area contributed by atoms with Gasteiger partial charge in [-0.1, -0.05) is 18.2 Å². The van der Waals surface area contributed by atoms with Gasteiger partial charge in [0.15, 0.2) is 0 Å². The minimum absolute atomic E-state index is 0.0969. The van der Waals surface area contributed by atoms with Crippen molar-refractivity contribution in [1.29, 1.82) is 0 Å². The maximum Gasteiger partial charge on any atom is 0.339 e. The third-order valence-corrected chi connectivity index (χ3v) is 5.73. The first-order valence-corrected chi connectivity index (χ1v) is 9.02. The summed E-state index contributed by atoms with van der Waals surface area (Å²) in [6, 6.07) is 7.88. The van der Waals surface area contributed by atoms with Crippen molar-refractivity contribution in [2.75, 3.05) is 13.1 Å². The van der Waals surface area contributed by atoms with E-state index in [-0.39, 0.29) is 23.8 Å². The number of ether oxygens (including phenoxy) is 1. The Hall–Kier alpha value is -1.88. The van der Waals surface area contributed by atoms with Crippen LogP contribution in [0.2, 0.25) is 0 Å². The molecule has 2 aliphatic heterocycles. The second kappa shape index (κ2) is 6.20. The van der Waals surface area contributed by atoms with Gasteiger partial charge < -0.3 is 15.4 Å². The van der Waals surface area contributed by atoms with Gasteiger partial charge in [0.2, 0.25) is 5.91 Å². The maximum absolute atomic E-state index is 12.4. The van der Waals surface area contributed by atoms with Gasteiger partial charge in [-0.3, -0.25) is 4.79 Å². The predicted molar refractivity (Wildman–Crippen MR) is 89.5 cm³/mol. The molecule has 2 N–H and O–H groups in total. The van der Waals surface area contributed by atoms with Gasteiger partial charge >= 0.3 is 5.97 Å². The largest absolute Gasteiger partial charge is 0.451 e. The van der Waals surface area contributed by atoms with Crippen LogP contribution >= 0.6 is 0 Å². The third kappa shape index (κ3) is 2.71. The molecular weight excluding hydrogens is 304 g/mol. The van der Waals surface area contributed by atoms with Crippen LogP contribution in [-0.2, 0) is 15.1 Å². The molecule has 1 atom stereocenters. The average molecular weight is 328 g/mol. The summed E-state index contributed by atoms with van der Waals surface area (Å²) in [5, 5.41) is 6.50. The van der Waals surface area contributed by atoms with E-state index in [0.29, 0.717) is 5.56 Å². The number of hydrogen-bond acceptors (Lipinski definition) is 4. The Morgan fingerprint density at radius 3 is 2.75 bits per heavy atom. The molecule has 5 nitrogen and oxygen atoms in total. The molecule has 0 unspecified atom stereocenters. The number of carbonyl (C=O) groups is 2. The molecule has 0 bridgehead atoms. The van der Waals surface area contributed by atoms with Gasteiger partial charge in [-0.15, -0.1) is 0 Å². The summed E-state index contributed by atoms with van der Waals surface area (Å²) >= 11 is 0. The van der Waals surface area contributed by atoms with E-state index in [1.807, 2.05) is 24.3 Å². The Balaban J connectivity index is 1.39. The molecule has 0 aromatic heterocycles. The second-order valence-electron chi connectivity index (χ2n) is 7.26. The molecule has 2 fully saturated rings. The molecule has 1 aromatic rings. The van der Waals surface area contributed by atoms with Crippen LogP contribution in [0.15, 0.2) is 24.3 Å². The van der Waals surface area contributed by atoms with Gasteiger partial charge in [-0.25, -0.2) is 4.79 Å². The standard InChI is InChI=1S/C19H24N2O3/c22-17(13-4-3-11-20-12-13)21-14-7-9-19(10-8-14)16-6-2-1-5-15(16)18(23)24-19/h1-2,5-6,13-14,20H,3-4,7-12H2,(H,21,22)/t13-,14?,19?/m0/s1. The molecule has 2 heterocycles. The van der Waals surface area contributed by atoms with Crippen LogP contribution in [0.3, 0.4) is 0 Å². The van der Waals surface area contributed by atoms with E-state index in [1.54, 1.807) is 0 Å². The number of hydrogen-bond donors (Lipinski definition) is 2. The SMILES string of the molecule is O=C1OC2(CCC(NC(=O)[C@H]3CCCNC3)CC2)c2ccccc21. The van der Waals surface area contributed by atoms with Gasteiger partial charge in [0.25, 0.3) is 0 Å². The van der Waals surface area contributed by atoms with E-state index in [4.69, 9.17) is 4.74 Å². The van der Waals surface area contributed by atoms with Crippen LogP contribution in [0.4, 0.5) is 0 Å². The van der Waals surface area contributed by atoms with Crippen molar-refractivity contribution in [3.63, 3.8) is 0 Å². The van der Waals surface area contributed by atoms with Gasteiger partial charge in [-0.05, 0) is 51.1 Å². The Morgan fingerprint density at radius 1 is 1.21 bits per heavy atom. The average Bonchev–Trinajstić information content (AvgIpc) is 2.90. The summed E-state index contributed by atoms with van der Waals surface area (Å²) in [5.41, 5.74) is 1.26. The van der Waals surface area contributed by atoms with Crippen LogP contribution in [0, 0.1) is 5.92 Å². The summed E-state index contributed by atoms with van der Waals surface area (Å²) in [4.78, 5) is 24.5. The van der Waals surface area contributed by atoms with Crippen LogP contribution in [0.25, 0.3) is 0 Å². The van der Waals surface area contributed by atoms with E-state index >= 15 is 0 Å². The molecule has 0 radical (unpaired) electrons. The predicted octanol–water partition coefficient (Wildman–Crippen LogP) is 2.11. The van der Waals surface area contributed by atoms with E-state index in [1.165, 1.54) is 0 Å².